The molecule has 0 aliphatic carbocycles. The molecule has 0 radical (unpaired) electrons. The molecule has 0 saturated heterocycles. The Kier molecular flexibility index (Phi) is 5.34. The fraction of sp³-hybridized carbons (Fsp3) is 0.176. The predicted octanol–water partition coefficient (Wildman–Crippen LogP) is 3.93. The van der Waals surface area contributed by atoms with Gasteiger partial charge in [0.2, 0.25) is 0 Å². The molecule has 120 valence electrons. The Morgan fingerprint density at radius 1 is 1.13 bits per heavy atom. The molecule has 0 aliphatic heterocycles. The van der Waals surface area contributed by atoms with Crippen LogP contribution < -0.4 is 10.6 Å². The van der Waals surface area contributed by atoms with Gasteiger partial charge < -0.3 is 10.6 Å². The third kappa shape index (κ3) is 4.07. The zero-order chi connectivity index (χ0) is 17.0. The molecule has 0 atom stereocenters. The van der Waals surface area contributed by atoms with Crippen LogP contribution in [-0.4, -0.2) is 11.8 Å². The number of halogens is 2. The second kappa shape index (κ2) is 7.24. The van der Waals surface area contributed by atoms with E-state index in [1.54, 1.807) is 0 Å². The lowest BCUT2D eigenvalue weighted by molar-refractivity contribution is -0.133. The predicted molar refractivity (Wildman–Crippen MR) is 89.2 cm³/mol. The van der Waals surface area contributed by atoms with Gasteiger partial charge in [-0.2, -0.15) is 0 Å². The molecule has 23 heavy (non-hydrogen) atoms. The zero-order valence-electron chi connectivity index (χ0n) is 12.7. The Labute approximate surface area is 138 Å². The van der Waals surface area contributed by atoms with Crippen LogP contribution in [0.2, 0.25) is 5.02 Å². The molecule has 4 nitrogen and oxygen atoms in total. The highest BCUT2D eigenvalue weighted by molar-refractivity contribution is 6.44. The van der Waals surface area contributed by atoms with Gasteiger partial charge in [0.05, 0.1) is 5.02 Å². The average Bonchev–Trinajstić information content (AvgIpc) is 2.52. The summed E-state index contributed by atoms with van der Waals surface area (Å²) in [6, 6.07) is 9.33. The highest BCUT2D eigenvalue weighted by atomic mass is 35.5. The Balaban J connectivity index is 2.12. The van der Waals surface area contributed by atoms with Crippen molar-refractivity contribution in [2.45, 2.75) is 20.3 Å². The van der Waals surface area contributed by atoms with Crippen LogP contribution in [0.5, 0.6) is 0 Å². The molecule has 2 amide bonds. The lowest BCUT2D eigenvalue weighted by Crippen LogP contribution is -2.29. The van der Waals surface area contributed by atoms with Crippen molar-refractivity contribution in [3.63, 3.8) is 0 Å². The summed E-state index contributed by atoms with van der Waals surface area (Å²) < 4.78 is 13.1. The number of anilines is 2. The molecule has 0 aromatic heterocycles. The number of para-hydroxylation sites is 1. The van der Waals surface area contributed by atoms with Crippen LogP contribution in [-0.2, 0) is 16.0 Å². The Morgan fingerprint density at radius 2 is 1.83 bits per heavy atom. The van der Waals surface area contributed by atoms with E-state index in [-0.39, 0.29) is 10.7 Å². The number of carbonyl (C=O) groups excluding carboxylic acids is 2. The SMILES string of the molecule is CCc1cccc(C)c1NC(=O)C(=O)Nc1ccc(F)c(Cl)c1. The van der Waals surface area contributed by atoms with Crippen LogP contribution in [0.15, 0.2) is 36.4 Å². The quantitative estimate of drug-likeness (QED) is 0.836. The van der Waals surface area contributed by atoms with Gasteiger partial charge in [0.1, 0.15) is 5.82 Å². The number of amides is 2. The van der Waals surface area contributed by atoms with Crippen LogP contribution in [0.4, 0.5) is 15.8 Å². The smallest absolute Gasteiger partial charge is 0.314 e. The Morgan fingerprint density at radius 3 is 2.48 bits per heavy atom. The molecule has 0 heterocycles. The van der Waals surface area contributed by atoms with Gasteiger partial charge in [-0.25, -0.2) is 4.39 Å². The number of hydrogen-bond acceptors (Lipinski definition) is 2. The molecule has 0 aliphatic rings. The summed E-state index contributed by atoms with van der Waals surface area (Å²) in [7, 11) is 0. The second-order valence-corrected chi connectivity index (χ2v) is 5.41. The van der Waals surface area contributed by atoms with Crippen molar-refractivity contribution in [3.8, 4) is 0 Å². The van der Waals surface area contributed by atoms with E-state index in [0.29, 0.717) is 5.69 Å². The first kappa shape index (κ1) is 17.0. The standard InChI is InChI=1S/C17H16ClFN2O2/c1-3-11-6-4-5-10(2)15(11)21-17(23)16(22)20-12-7-8-14(19)13(18)9-12/h4-9H,3H2,1-2H3,(H,20,22)(H,21,23). The van der Waals surface area contributed by atoms with E-state index in [2.05, 4.69) is 10.6 Å². The van der Waals surface area contributed by atoms with E-state index in [1.807, 2.05) is 32.0 Å². The van der Waals surface area contributed by atoms with Gasteiger partial charge in [0.15, 0.2) is 0 Å². The summed E-state index contributed by atoms with van der Waals surface area (Å²) in [5, 5.41) is 4.87. The number of aryl methyl sites for hydroxylation is 2. The molecule has 6 heteroatoms. The third-order valence-corrected chi connectivity index (χ3v) is 3.65. The van der Waals surface area contributed by atoms with Crippen LogP contribution in [0.1, 0.15) is 18.1 Å². The average molecular weight is 335 g/mol. The Hall–Kier alpha value is -2.40. The van der Waals surface area contributed by atoms with Gasteiger partial charge in [0, 0.05) is 11.4 Å². The van der Waals surface area contributed by atoms with Crippen molar-refractivity contribution in [2.24, 2.45) is 0 Å². The summed E-state index contributed by atoms with van der Waals surface area (Å²) in [4.78, 5) is 24.0. The van der Waals surface area contributed by atoms with Crippen LogP contribution in [0, 0.1) is 12.7 Å². The van der Waals surface area contributed by atoms with Crippen molar-refractivity contribution in [3.05, 3.63) is 58.4 Å². The molecule has 0 spiro atoms. The fourth-order valence-corrected chi connectivity index (χ4v) is 2.31. The first-order chi connectivity index (χ1) is 10.9. The summed E-state index contributed by atoms with van der Waals surface area (Å²) >= 11 is 5.64. The maximum Gasteiger partial charge on any atom is 0.314 e. The molecule has 0 unspecified atom stereocenters. The first-order valence-electron chi connectivity index (χ1n) is 7.08. The van der Waals surface area contributed by atoms with Crippen molar-refractivity contribution >= 4 is 34.8 Å². The van der Waals surface area contributed by atoms with Crippen molar-refractivity contribution in [1.29, 1.82) is 0 Å². The molecular weight excluding hydrogens is 319 g/mol. The molecular formula is C17H16ClFN2O2. The lowest BCUT2D eigenvalue weighted by Gasteiger charge is -2.13. The van der Waals surface area contributed by atoms with Gasteiger partial charge in [0.25, 0.3) is 0 Å². The molecule has 2 rings (SSSR count). The van der Waals surface area contributed by atoms with Crippen LogP contribution in [0.25, 0.3) is 0 Å². The van der Waals surface area contributed by atoms with E-state index in [0.717, 1.165) is 23.6 Å². The van der Waals surface area contributed by atoms with Crippen LogP contribution in [0.3, 0.4) is 0 Å². The molecule has 2 aromatic rings. The number of nitrogens with one attached hydrogen (secondary N) is 2. The van der Waals surface area contributed by atoms with E-state index in [9.17, 15) is 14.0 Å². The largest absolute Gasteiger partial charge is 0.318 e. The van der Waals surface area contributed by atoms with E-state index < -0.39 is 17.6 Å². The molecule has 2 N–H and O–H groups in total. The molecule has 0 saturated carbocycles. The van der Waals surface area contributed by atoms with Gasteiger partial charge in [-0.15, -0.1) is 0 Å². The minimum absolute atomic E-state index is 0.129. The topological polar surface area (TPSA) is 58.2 Å². The number of hydrogen-bond donors (Lipinski definition) is 2. The highest BCUT2D eigenvalue weighted by Gasteiger charge is 2.17. The van der Waals surface area contributed by atoms with Crippen molar-refractivity contribution in [1.82, 2.24) is 0 Å². The van der Waals surface area contributed by atoms with Crippen molar-refractivity contribution in [2.75, 3.05) is 10.6 Å². The summed E-state index contributed by atoms with van der Waals surface area (Å²) in [6.07, 6.45) is 0.729. The number of rotatable bonds is 3. The third-order valence-electron chi connectivity index (χ3n) is 3.36. The Bertz CT molecular complexity index is 762. The maximum atomic E-state index is 13.1. The van der Waals surface area contributed by atoms with Gasteiger partial charge >= 0.3 is 11.8 Å². The van der Waals surface area contributed by atoms with Crippen LogP contribution >= 0.6 is 11.6 Å². The normalized spacial score (nSPS) is 10.3. The fourth-order valence-electron chi connectivity index (χ4n) is 2.13. The van der Waals surface area contributed by atoms with Crippen molar-refractivity contribution < 1.29 is 14.0 Å². The monoisotopic (exact) mass is 334 g/mol. The number of carbonyl (C=O) groups is 2. The van der Waals surface area contributed by atoms with E-state index in [4.69, 9.17) is 11.6 Å². The van der Waals surface area contributed by atoms with E-state index in [1.165, 1.54) is 12.1 Å². The summed E-state index contributed by atoms with van der Waals surface area (Å²) in [5.41, 5.74) is 2.69. The minimum atomic E-state index is -0.849. The first-order valence-corrected chi connectivity index (χ1v) is 7.46. The second-order valence-electron chi connectivity index (χ2n) is 5.00. The minimum Gasteiger partial charge on any atom is -0.318 e. The van der Waals surface area contributed by atoms with E-state index >= 15 is 0 Å². The maximum absolute atomic E-state index is 13.1. The zero-order valence-corrected chi connectivity index (χ0v) is 13.5. The lowest BCUT2D eigenvalue weighted by atomic mass is 10.1. The van der Waals surface area contributed by atoms with Gasteiger partial charge in [-0.1, -0.05) is 36.7 Å². The van der Waals surface area contributed by atoms with Gasteiger partial charge in [-0.05, 0) is 42.7 Å². The molecule has 2 aromatic carbocycles. The highest BCUT2D eigenvalue weighted by Crippen LogP contribution is 2.22. The molecule has 0 bridgehead atoms. The summed E-state index contributed by atoms with van der Waals surface area (Å²) in [5.74, 6) is -2.24. The number of benzene rings is 2. The van der Waals surface area contributed by atoms with Gasteiger partial charge in [-0.3, -0.25) is 9.59 Å². The molecule has 0 fully saturated rings. The summed E-state index contributed by atoms with van der Waals surface area (Å²) in [6.45, 7) is 3.82.